The molecule has 12 heavy (non-hydrogen) atoms. The maximum atomic E-state index is 10.5. The van der Waals surface area contributed by atoms with Crippen molar-refractivity contribution in [2.75, 3.05) is 0 Å². The first-order valence-corrected chi connectivity index (χ1v) is 5.11. The lowest BCUT2D eigenvalue weighted by molar-refractivity contribution is -0.108. The Bertz CT molecular complexity index is 299. The molecule has 0 saturated carbocycles. The molecule has 64 valence electrons. The highest BCUT2D eigenvalue weighted by atomic mass is 127. The fraction of sp³-hybridized carbons (Fsp3) is 0.222. The molecule has 1 aromatic rings. The Morgan fingerprint density at radius 2 is 2.25 bits per heavy atom. The van der Waals surface area contributed by atoms with Gasteiger partial charge in [-0.1, -0.05) is 6.92 Å². The number of aldehydes is 1. The van der Waals surface area contributed by atoms with Gasteiger partial charge in [-0.3, -0.25) is 0 Å². The van der Waals surface area contributed by atoms with Gasteiger partial charge in [0.25, 0.3) is 0 Å². The summed E-state index contributed by atoms with van der Waals surface area (Å²) in [5.74, 6) is -0.0380. The highest BCUT2D eigenvalue weighted by Gasteiger charge is 2.07. The van der Waals surface area contributed by atoms with E-state index in [4.69, 9.17) is 0 Å². The van der Waals surface area contributed by atoms with E-state index in [0.717, 1.165) is 20.3 Å². The van der Waals surface area contributed by atoms with Crippen molar-refractivity contribution >= 4 is 41.5 Å². The van der Waals surface area contributed by atoms with Crippen LogP contribution in [-0.4, -0.2) is 6.29 Å². The summed E-state index contributed by atoms with van der Waals surface area (Å²) in [6.07, 6.45) is 0.949. The average Bonchev–Trinajstić information content (AvgIpc) is 2.08. The largest absolute Gasteiger partial charge is 0.303 e. The molecule has 0 aliphatic heterocycles. The highest BCUT2D eigenvalue weighted by molar-refractivity contribution is 14.1. The quantitative estimate of drug-likeness (QED) is 0.504. The fourth-order valence-corrected chi connectivity index (χ4v) is 1.99. The van der Waals surface area contributed by atoms with Crippen LogP contribution in [-0.2, 0) is 4.79 Å². The third-order valence-corrected chi connectivity index (χ3v) is 2.93. The van der Waals surface area contributed by atoms with Crippen LogP contribution in [0.2, 0.25) is 0 Å². The van der Waals surface area contributed by atoms with E-state index in [1.807, 2.05) is 25.1 Å². The van der Waals surface area contributed by atoms with Gasteiger partial charge in [0.05, 0.1) is 0 Å². The van der Waals surface area contributed by atoms with Crippen LogP contribution in [0.5, 0.6) is 0 Å². The van der Waals surface area contributed by atoms with Gasteiger partial charge >= 0.3 is 0 Å². The number of hydrogen-bond donors (Lipinski definition) is 1. The minimum absolute atomic E-state index is 0.0380. The molecule has 3 heteroatoms. The summed E-state index contributed by atoms with van der Waals surface area (Å²) in [5, 5.41) is 0. The van der Waals surface area contributed by atoms with Gasteiger partial charge in [-0.15, -0.1) is 12.6 Å². The van der Waals surface area contributed by atoms with Crippen molar-refractivity contribution in [1.29, 1.82) is 0 Å². The third-order valence-electron chi connectivity index (χ3n) is 1.67. The summed E-state index contributed by atoms with van der Waals surface area (Å²) < 4.78 is 1.12. The standard InChI is InChI=1S/C9H9IOS/c1-6(5-11)8-4-7(12)2-3-9(8)10/h2-6,12H,1H3. The summed E-state index contributed by atoms with van der Waals surface area (Å²) >= 11 is 6.44. The topological polar surface area (TPSA) is 17.1 Å². The van der Waals surface area contributed by atoms with Crippen molar-refractivity contribution in [2.24, 2.45) is 0 Å². The van der Waals surface area contributed by atoms with Crippen LogP contribution in [0.3, 0.4) is 0 Å². The second-order valence-electron chi connectivity index (χ2n) is 2.63. The van der Waals surface area contributed by atoms with Gasteiger partial charge in [0.15, 0.2) is 0 Å². The molecule has 0 radical (unpaired) electrons. The van der Waals surface area contributed by atoms with E-state index in [1.54, 1.807) is 0 Å². The Kier molecular flexibility index (Phi) is 3.58. The van der Waals surface area contributed by atoms with Crippen LogP contribution < -0.4 is 0 Å². The zero-order valence-corrected chi connectivity index (χ0v) is 9.67. The number of hydrogen-bond acceptors (Lipinski definition) is 2. The lowest BCUT2D eigenvalue weighted by Crippen LogP contribution is -1.97. The molecule has 0 aliphatic rings. The SMILES string of the molecule is CC(C=O)c1cc(S)ccc1I. The molecule has 0 fully saturated rings. The average molecular weight is 292 g/mol. The lowest BCUT2D eigenvalue weighted by atomic mass is 10.0. The third kappa shape index (κ3) is 2.23. The van der Waals surface area contributed by atoms with Gasteiger partial charge in [0.1, 0.15) is 6.29 Å². The van der Waals surface area contributed by atoms with Crippen molar-refractivity contribution in [3.05, 3.63) is 27.3 Å². The van der Waals surface area contributed by atoms with Crippen molar-refractivity contribution in [2.45, 2.75) is 17.7 Å². The van der Waals surface area contributed by atoms with Crippen molar-refractivity contribution in [3.63, 3.8) is 0 Å². The first-order chi connectivity index (χ1) is 5.65. The van der Waals surface area contributed by atoms with Crippen LogP contribution in [0.25, 0.3) is 0 Å². The molecular formula is C9H9IOS. The molecule has 1 rings (SSSR count). The zero-order chi connectivity index (χ0) is 9.14. The summed E-state index contributed by atoms with van der Waals surface area (Å²) in [5.41, 5.74) is 1.05. The molecule has 0 N–H and O–H groups in total. The lowest BCUT2D eigenvalue weighted by Gasteiger charge is -2.07. The first kappa shape index (κ1) is 10.1. The number of carbonyl (C=O) groups excluding carboxylic acids is 1. The van der Waals surface area contributed by atoms with Gasteiger partial charge in [-0.2, -0.15) is 0 Å². The van der Waals surface area contributed by atoms with E-state index in [-0.39, 0.29) is 5.92 Å². The molecule has 1 atom stereocenters. The second kappa shape index (κ2) is 4.28. The number of rotatable bonds is 2. The van der Waals surface area contributed by atoms with E-state index in [2.05, 4.69) is 35.2 Å². The van der Waals surface area contributed by atoms with Crippen LogP contribution in [0.15, 0.2) is 23.1 Å². The minimum Gasteiger partial charge on any atom is -0.303 e. The Morgan fingerprint density at radius 1 is 1.58 bits per heavy atom. The first-order valence-electron chi connectivity index (χ1n) is 3.59. The smallest absolute Gasteiger partial charge is 0.127 e. The van der Waals surface area contributed by atoms with Gasteiger partial charge in [0, 0.05) is 14.4 Å². The van der Waals surface area contributed by atoms with E-state index in [0.29, 0.717) is 0 Å². The van der Waals surface area contributed by atoms with Crippen molar-refractivity contribution < 1.29 is 4.79 Å². The Hall–Kier alpha value is -0.0300. The number of thiol groups is 1. The predicted octanol–water partition coefficient (Wildman–Crippen LogP) is 2.88. The van der Waals surface area contributed by atoms with Gasteiger partial charge in [-0.05, 0) is 46.4 Å². The molecule has 0 saturated heterocycles. The molecule has 0 heterocycles. The summed E-state index contributed by atoms with van der Waals surface area (Å²) in [7, 11) is 0. The van der Waals surface area contributed by atoms with E-state index in [9.17, 15) is 4.79 Å². The van der Waals surface area contributed by atoms with E-state index in [1.165, 1.54) is 0 Å². The maximum Gasteiger partial charge on any atom is 0.127 e. The normalized spacial score (nSPS) is 12.6. The molecule has 0 aliphatic carbocycles. The zero-order valence-electron chi connectivity index (χ0n) is 6.62. The van der Waals surface area contributed by atoms with E-state index < -0.39 is 0 Å². The number of benzene rings is 1. The predicted molar refractivity (Wildman–Crippen MR) is 60.9 cm³/mol. The molecular weight excluding hydrogens is 283 g/mol. The van der Waals surface area contributed by atoms with E-state index >= 15 is 0 Å². The van der Waals surface area contributed by atoms with Crippen LogP contribution in [0, 0.1) is 3.57 Å². The Labute approximate surface area is 91.1 Å². The van der Waals surface area contributed by atoms with Crippen LogP contribution in [0.4, 0.5) is 0 Å². The molecule has 0 amide bonds. The summed E-state index contributed by atoms with van der Waals surface area (Å²) in [6.45, 7) is 1.89. The van der Waals surface area contributed by atoms with Gasteiger partial charge in [-0.25, -0.2) is 0 Å². The minimum atomic E-state index is -0.0380. The fourth-order valence-electron chi connectivity index (χ4n) is 0.953. The highest BCUT2D eigenvalue weighted by Crippen LogP contribution is 2.22. The Morgan fingerprint density at radius 3 is 2.83 bits per heavy atom. The number of halogens is 1. The number of carbonyl (C=O) groups is 1. The molecule has 1 nitrogen and oxygen atoms in total. The second-order valence-corrected chi connectivity index (χ2v) is 4.31. The molecule has 0 aromatic heterocycles. The molecule has 0 spiro atoms. The van der Waals surface area contributed by atoms with Crippen molar-refractivity contribution in [3.8, 4) is 0 Å². The molecule has 1 unspecified atom stereocenters. The monoisotopic (exact) mass is 292 g/mol. The van der Waals surface area contributed by atoms with Crippen molar-refractivity contribution in [1.82, 2.24) is 0 Å². The molecule has 0 bridgehead atoms. The summed E-state index contributed by atoms with van der Waals surface area (Å²) in [6, 6.07) is 5.83. The van der Waals surface area contributed by atoms with Crippen LogP contribution in [0.1, 0.15) is 18.4 Å². The maximum absolute atomic E-state index is 10.5. The molecule has 1 aromatic carbocycles. The Balaban J connectivity index is 3.12. The summed E-state index contributed by atoms with van der Waals surface area (Å²) in [4.78, 5) is 11.4. The van der Waals surface area contributed by atoms with Gasteiger partial charge < -0.3 is 4.79 Å². The van der Waals surface area contributed by atoms with Gasteiger partial charge in [0.2, 0.25) is 0 Å². The van der Waals surface area contributed by atoms with Crippen LogP contribution >= 0.6 is 35.2 Å².